The van der Waals surface area contributed by atoms with Gasteiger partial charge in [-0.15, -0.1) is 0 Å². The molecule has 0 spiro atoms. The van der Waals surface area contributed by atoms with Crippen LogP contribution in [0.15, 0.2) is 66.7 Å². The maximum Gasteiger partial charge on any atom is 0.201 e. The molecule has 3 aromatic rings. The monoisotopic (exact) mass is 440 g/mol. The van der Waals surface area contributed by atoms with Crippen LogP contribution in [0.25, 0.3) is 22.3 Å². The van der Waals surface area contributed by atoms with Gasteiger partial charge in [-0.2, -0.15) is 4.39 Å². The molecule has 0 amide bonds. The third-order valence-electron chi connectivity index (χ3n) is 5.51. The lowest BCUT2D eigenvalue weighted by Crippen LogP contribution is -2.29. The summed E-state index contributed by atoms with van der Waals surface area (Å²) in [6.45, 7) is 2.64. The predicted octanol–water partition coefficient (Wildman–Crippen LogP) is 6.48. The van der Waals surface area contributed by atoms with Crippen LogP contribution in [0.2, 0.25) is 0 Å². The predicted molar refractivity (Wildman–Crippen MR) is 117 cm³/mol. The second-order valence-corrected chi connectivity index (χ2v) is 7.51. The number of benzene rings is 3. The fourth-order valence-corrected chi connectivity index (χ4v) is 3.76. The van der Waals surface area contributed by atoms with Gasteiger partial charge >= 0.3 is 0 Å². The van der Waals surface area contributed by atoms with E-state index in [9.17, 15) is 13.2 Å². The molecular weight excluding hydrogens is 417 g/mol. The van der Waals surface area contributed by atoms with E-state index in [1.165, 1.54) is 25.3 Å². The van der Waals surface area contributed by atoms with Crippen LogP contribution in [-0.4, -0.2) is 26.6 Å². The van der Waals surface area contributed by atoms with Crippen LogP contribution in [0, 0.1) is 17.5 Å². The van der Waals surface area contributed by atoms with Crippen LogP contribution in [-0.2, 0) is 9.47 Å². The maximum absolute atomic E-state index is 14.9. The Morgan fingerprint density at radius 2 is 1.50 bits per heavy atom. The summed E-state index contributed by atoms with van der Waals surface area (Å²) < 4.78 is 59.3. The van der Waals surface area contributed by atoms with Gasteiger partial charge in [0.1, 0.15) is 5.82 Å². The van der Waals surface area contributed by atoms with E-state index >= 15 is 0 Å². The molecule has 0 N–H and O–H groups in total. The lowest BCUT2D eigenvalue weighted by molar-refractivity contribution is -0.159. The van der Waals surface area contributed by atoms with Crippen LogP contribution in [0.5, 0.6) is 5.75 Å². The van der Waals surface area contributed by atoms with Crippen LogP contribution in [0.4, 0.5) is 13.2 Å². The van der Waals surface area contributed by atoms with Crippen molar-refractivity contribution in [1.82, 2.24) is 0 Å². The van der Waals surface area contributed by atoms with Crippen molar-refractivity contribution in [2.24, 2.45) is 0 Å². The fourth-order valence-electron chi connectivity index (χ4n) is 3.76. The number of ether oxygens (including phenoxy) is 3. The molecule has 166 valence electrons. The average molecular weight is 440 g/mol. The van der Waals surface area contributed by atoms with Crippen LogP contribution < -0.4 is 4.74 Å². The highest BCUT2D eigenvalue weighted by atomic mass is 19.2. The fraction of sp³-hybridized carbons (Fsp3) is 0.231. The Morgan fingerprint density at radius 1 is 0.844 bits per heavy atom. The summed E-state index contributed by atoms with van der Waals surface area (Å²) in [6.07, 6.45) is 3.28. The minimum atomic E-state index is -1.03. The van der Waals surface area contributed by atoms with Gasteiger partial charge in [0.05, 0.1) is 20.3 Å². The van der Waals surface area contributed by atoms with Crippen molar-refractivity contribution in [2.45, 2.75) is 19.1 Å². The van der Waals surface area contributed by atoms with E-state index in [0.29, 0.717) is 29.9 Å². The minimum Gasteiger partial charge on any atom is -0.494 e. The summed E-state index contributed by atoms with van der Waals surface area (Å²) in [5.41, 5.74) is 2.63. The van der Waals surface area contributed by atoms with Crippen molar-refractivity contribution in [3.63, 3.8) is 0 Å². The molecule has 1 aliphatic rings. The van der Waals surface area contributed by atoms with Crippen molar-refractivity contribution in [2.75, 3.05) is 20.3 Å². The van der Waals surface area contributed by atoms with Gasteiger partial charge in [0.15, 0.2) is 17.9 Å². The summed E-state index contributed by atoms with van der Waals surface area (Å²) >= 11 is 0. The first-order valence-electron chi connectivity index (χ1n) is 10.3. The molecule has 1 fully saturated rings. The second-order valence-electron chi connectivity index (χ2n) is 7.51. The number of hydrogen-bond acceptors (Lipinski definition) is 3. The molecular formula is C26H23F3O3. The van der Waals surface area contributed by atoms with Gasteiger partial charge in [-0.05, 0) is 53.5 Å². The molecule has 3 aromatic carbocycles. The molecule has 1 heterocycles. The van der Waals surface area contributed by atoms with E-state index in [1.54, 1.807) is 30.3 Å². The second kappa shape index (κ2) is 9.59. The third-order valence-corrected chi connectivity index (χ3v) is 5.51. The Morgan fingerprint density at radius 3 is 2.12 bits per heavy atom. The van der Waals surface area contributed by atoms with E-state index in [0.717, 1.165) is 5.56 Å². The number of rotatable bonds is 5. The van der Waals surface area contributed by atoms with Crippen molar-refractivity contribution >= 4 is 0 Å². The summed E-state index contributed by atoms with van der Waals surface area (Å²) in [7, 11) is 1.28. The molecule has 32 heavy (non-hydrogen) atoms. The van der Waals surface area contributed by atoms with Crippen molar-refractivity contribution in [3.05, 3.63) is 89.8 Å². The molecule has 0 aromatic heterocycles. The summed E-state index contributed by atoms with van der Waals surface area (Å²) in [5, 5.41) is 0. The first kappa shape index (κ1) is 22.1. The molecule has 0 atom stereocenters. The van der Waals surface area contributed by atoms with E-state index in [1.807, 2.05) is 25.1 Å². The smallest absolute Gasteiger partial charge is 0.201 e. The van der Waals surface area contributed by atoms with E-state index in [2.05, 4.69) is 0 Å². The number of methoxy groups -OCH3 is 1. The zero-order valence-electron chi connectivity index (χ0n) is 17.8. The molecule has 6 heteroatoms. The van der Waals surface area contributed by atoms with Gasteiger partial charge in [0, 0.05) is 11.5 Å². The lowest BCUT2D eigenvalue weighted by atomic mass is 9.95. The Bertz CT molecular complexity index is 1120. The normalized spacial score (nSPS) is 18.8. The Balaban J connectivity index is 1.53. The highest BCUT2D eigenvalue weighted by molar-refractivity contribution is 5.71. The van der Waals surface area contributed by atoms with Crippen LogP contribution in [0.3, 0.4) is 0 Å². The molecule has 0 radical (unpaired) electrons. The molecule has 4 rings (SSSR count). The van der Waals surface area contributed by atoms with Gasteiger partial charge in [-0.1, -0.05) is 42.5 Å². The van der Waals surface area contributed by atoms with Crippen molar-refractivity contribution < 1.29 is 27.4 Å². The number of allylic oxidation sites excluding steroid dienone is 1. The first-order chi connectivity index (χ1) is 15.5. The Kier molecular flexibility index (Phi) is 6.63. The van der Waals surface area contributed by atoms with Gasteiger partial charge in [-0.25, -0.2) is 8.78 Å². The molecule has 1 saturated heterocycles. The van der Waals surface area contributed by atoms with Crippen molar-refractivity contribution in [3.8, 4) is 28.0 Å². The van der Waals surface area contributed by atoms with E-state index in [-0.39, 0.29) is 29.3 Å². The quantitative estimate of drug-likeness (QED) is 0.425. The SMILES string of the molecule is C/C=C/C1OCC(c2ccc(-c3ccc(-c4ccc(OC)c(F)c4F)cc3)cc2F)CO1. The van der Waals surface area contributed by atoms with Gasteiger partial charge < -0.3 is 14.2 Å². The Labute approximate surface area is 185 Å². The average Bonchev–Trinajstić information content (AvgIpc) is 2.82. The zero-order chi connectivity index (χ0) is 22.7. The number of halogens is 3. The third kappa shape index (κ3) is 4.42. The molecule has 3 nitrogen and oxygen atoms in total. The summed E-state index contributed by atoms with van der Waals surface area (Å²) in [4.78, 5) is 0. The molecule has 0 aliphatic carbocycles. The highest BCUT2D eigenvalue weighted by Crippen LogP contribution is 2.32. The molecule has 1 aliphatic heterocycles. The highest BCUT2D eigenvalue weighted by Gasteiger charge is 2.24. The topological polar surface area (TPSA) is 27.7 Å². The van der Waals surface area contributed by atoms with Gasteiger partial charge in [0.2, 0.25) is 5.82 Å². The summed E-state index contributed by atoms with van der Waals surface area (Å²) in [5.74, 6) is -2.66. The zero-order valence-corrected chi connectivity index (χ0v) is 17.8. The molecule has 0 bridgehead atoms. The summed E-state index contributed by atoms with van der Waals surface area (Å²) in [6, 6.07) is 14.7. The maximum atomic E-state index is 14.9. The van der Waals surface area contributed by atoms with Gasteiger partial charge in [-0.3, -0.25) is 0 Å². The van der Waals surface area contributed by atoms with E-state index in [4.69, 9.17) is 14.2 Å². The van der Waals surface area contributed by atoms with Crippen molar-refractivity contribution in [1.29, 1.82) is 0 Å². The van der Waals surface area contributed by atoms with Crippen LogP contribution in [0.1, 0.15) is 18.4 Å². The Hall–Kier alpha value is -3.09. The molecule has 0 unspecified atom stereocenters. The lowest BCUT2D eigenvalue weighted by Gasteiger charge is -2.28. The number of hydrogen-bond donors (Lipinski definition) is 0. The van der Waals surface area contributed by atoms with Crippen LogP contribution >= 0.6 is 0 Å². The standard InChI is InChI=1S/C26H23F3O3/c1-3-4-24-31-14-19(15-32-24)20-10-9-18(13-22(20)27)16-5-7-17(8-6-16)21-11-12-23(30-2)26(29)25(21)28/h3-13,19,24H,14-15H2,1-2H3/b4-3+. The van der Waals surface area contributed by atoms with E-state index < -0.39 is 11.6 Å². The largest absolute Gasteiger partial charge is 0.494 e. The molecule has 0 saturated carbocycles. The first-order valence-corrected chi connectivity index (χ1v) is 10.3. The minimum absolute atomic E-state index is 0.130. The van der Waals surface area contributed by atoms with Gasteiger partial charge in [0.25, 0.3) is 0 Å².